The lowest BCUT2D eigenvalue weighted by Gasteiger charge is -2.30. The fourth-order valence-corrected chi connectivity index (χ4v) is 2.88. The second kappa shape index (κ2) is 5.16. The molecule has 2 unspecified atom stereocenters. The van der Waals surface area contributed by atoms with Gasteiger partial charge in [-0.1, -0.05) is 0 Å². The van der Waals surface area contributed by atoms with E-state index in [4.69, 9.17) is 9.84 Å². The van der Waals surface area contributed by atoms with E-state index in [1.54, 1.807) is 32.5 Å². The number of carbonyl (C=O) groups excluding carboxylic acids is 1. The molecular weight excluding hydrogens is 242 g/mol. The monoisotopic (exact) mass is 261 g/mol. The Morgan fingerprint density at radius 2 is 2.06 bits per heavy atom. The first kappa shape index (κ1) is 14.2. The number of hydrogen-bond acceptors (Lipinski definition) is 4. The zero-order chi connectivity index (χ0) is 13.2. The van der Waals surface area contributed by atoms with Gasteiger partial charge in [-0.15, -0.1) is 11.8 Å². The third kappa shape index (κ3) is 4.11. The van der Waals surface area contributed by atoms with Gasteiger partial charge in [-0.3, -0.25) is 9.69 Å². The second-order valence-electron chi connectivity index (χ2n) is 5.07. The molecule has 1 rings (SSSR count). The Hall–Kier alpha value is -0.910. The third-order valence-electron chi connectivity index (χ3n) is 2.33. The highest BCUT2D eigenvalue weighted by molar-refractivity contribution is 8.00. The molecule has 0 aliphatic carbocycles. The van der Waals surface area contributed by atoms with Crippen LogP contribution in [0.1, 0.15) is 34.1 Å². The predicted molar refractivity (Wildman–Crippen MR) is 66.0 cm³/mol. The molecular formula is C11H19NO4S. The zero-order valence-electron chi connectivity index (χ0n) is 10.6. The van der Waals surface area contributed by atoms with Crippen molar-refractivity contribution in [3.63, 3.8) is 0 Å². The van der Waals surface area contributed by atoms with Gasteiger partial charge < -0.3 is 9.84 Å². The maximum Gasteiger partial charge on any atom is 0.411 e. The number of carboxylic acid groups (broad SMARTS) is 1. The van der Waals surface area contributed by atoms with Gasteiger partial charge in [-0.05, 0) is 27.7 Å². The van der Waals surface area contributed by atoms with Gasteiger partial charge in [-0.25, -0.2) is 4.79 Å². The lowest BCUT2D eigenvalue weighted by molar-refractivity contribution is -0.138. The Balaban J connectivity index is 2.70. The summed E-state index contributed by atoms with van der Waals surface area (Å²) in [5.74, 6) is -0.245. The summed E-state index contributed by atoms with van der Waals surface area (Å²) in [6.07, 6.45) is -0.461. The fraction of sp³-hybridized carbons (Fsp3) is 0.818. The van der Waals surface area contributed by atoms with E-state index in [0.717, 1.165) is 0 Å². The average Bonchev–Trinajstić information content (AvgIpc) is 2.42. The number of amides is 1. The van der Waals surface area contributed by atoms with Crippen LogP contribution in [0.2, 0.25) is 0 Å². The Labute approximate surface area is 105 Å². The summed E-state index contributed by atoms with van der Waals surface area (Å²) in [7, 11) is 0. The topological polar surface area (TPSA) is 66.8 Å². The average molecular weight is 261 g/mol. The van der Waals surface area contributed by atoms with Crippen LogP contribution in [0, 0.1) is 0 Å². The molecule has 0 aromatic carbocycles. The molecule has 5 nitrogen and oxygen atoms in total. The summed E-state index contributed by atoms with van der Waals surface area (Å²) in [5.41, 5.74) is -0.558. The Bertz CT molecular complexity index is 313. The Morgan fingerprint density at radius 1 is 1.47 bits per heavy atom. The highest BCUT2D eigenvalue weighted by Gasteiger charge is 2.38. The van der Waals surface area contributed by atoms with Crippen LogP contribution in [-0.2, 0) is 9.53 Å². The van der Waals surface area contributed by atoms with Gasteiger partial charge in [0.1, 0.15) is 5.60 Å². The van der Waals surface area contributed by atoms with E-state index in [0.29, 0.717) is 5.75 Å². The van der Waals surface area contributed by atoms with Crippen molar-refractivity contribution in [2.45, 2.75) is 51.1 Å². The van der Waals surface area contributed by atoms with E-state index in [1.165, 1.54) is 4.90 Å². The number of carboxylic acids is 1. The van der Waals surface area contributed by atoms with Crippen molar-refractivity contribution in [3.05, 3.63) is 0 Å². The third-order valence-corrected chi connectivity index (χ3v) is 3.62. The molecule has 2 atom stereocenters. The number of ether oxygens (including phenoxy) is 1. The molecule has 0 aromatic rings. The van der Waals surface area contributed by atoms with Crippen LogP contribution in [0.5, 0.6) is 0 Å². The first-order chi connectivity index (χ1) is 7.70. The van der Waals surface area contributed by atoms with E-state index in [9.17, 15) is 9.59 Å². The molecule has 17 heavy (non-hydrogen) atoms. The van der Waals surface area contributed by atoms with E-state index in [-0.39, 0.29) is 17.8 Å². The van der Waals surface area contributed by atoms with Gasteiger partial charge in [0.15, 0.2) is 0 Å². The Kier molecular flexibility index (Phi) is 4.30. The van der Waals surface area contributed by atoms with Crippen LogP contribution in [0.4, 0.5) is 4.79 Å². The van der Waals surface area contributed by atoms with Gasteiger partial charge in [-0.2, -0.15) is 0 Å². The van der Waals surface area contributed by atoms with Crippen LogP contribution in [0.3, 0.4) is 0 Å². The number of aliphatic carboxylic acids is 1. The smallest absolute Gasteiger partial charge is 0.411 e. The highest BCUT2D eigenvalue weighted by atomic mass is 32.2. The molecule has 1 aliphatic rings. The molecule has 0 radical (unpaired) electrons. The van der Waals surface area contributed by atoms with Crippen LogP contribution < -0.4 is 0 Å². The first-order valence-corrected chi connectivity index (χ1v) is 6.60. The molecule has 1 heterocycles. The van der Waals surface area contributed by atoms with Crippen molar-refractivity contribution in [1.29, 1.82) is 0 Å². The molecule has 98 valence electrons. The van der Waals surface area contributed by atoms with Crippen molar-refractivity contribution >= 4 is 23.8 Å². The maximum atomic E-state index is 12.0. The summed E-state index contributed by atoms with van der Waals surface area (Å²) in [6.45, 7) is 7.28. The van der Waals surface area contributed by atoms with Crippen molar-refractivity contribution in [2.24, 2.45) is 0 Å². The largest absolute Gasteiger partial charge is 0.481 e. The molecule has 0 spiro atoms. The van der Waals surface area contributed by atoms with Crippen LogP contribution >= 0.6 is 11.8 Å². The first-order valence-electron chi connectivity index (χ1n) is 5.55. The molecule has 0 aromatic heterocycles. The summed E-state index contributed by atoms with van der Waals surface area (Å²) in [5, 5.41) is 8.77. The van der Waals surface area contributed by atoms with E-state index in [2.05, 4.69) is 0 Å². The van der Waals surface area contributed by atoms with Gasteiger partial charge >= 0.3 is 12.1 Å². The minimum atomic E-state index is -0.891. The molecule has 1 amide bonds. The standard InChI is InChI=1S/C11H19NO4S/c1-7-12(10(15)16-11(2,3)4)8(6-17-7)5-9(13)14/h7-8H,5-6H2,1-4H3,(H,13,14). The summed E-state index contributed by atoms with van der Waals surface area (Å²) in [4.78, 5) is 24.2. The lowest BCUT2D eigenvalue weighted by atomic mass is 10.2. The lowest BCUT2D eigenvalue weighted by Crippen LogP contribution is -2.44. The number of carbonyl (C=O) groups is 2. The van der Waals surface area contributed by atoms with Crippen molar-refractivity contribution in [3.8, 4) is 0 Å². The Morgan fingerprint density at radius 3 is 2.53 bits per heavy atom. The molecule has 1 aliphatic heterocycles. The molecule has 0 bridgehead atoms. The molecule has 6 heteroatoms. The van der Waals surface area contributed by atoms with Gasteiger partial charge in [0.2, 0.25) is 0 Å². The minimum Gasteiger partial charge on any atom is -0.481 e. The summed E-state index contributed by atoms with van der Waals surface area (Å²) < 4.78 is 5.28. The SMILES string of the molecule is CC1SCC(CC(=O)O)N1C(=O)OC(C)(C)C. The van der Waals surface area contributed by atoms with Gasteiger partial charge in [0, 0.05) is 5.75 Å². The van der Waals surface area contributed by atoms with Gasteiger partial charge in [0.25, 0.3) is 0 Å². The van der Waals surface area contributed by atoms with Crippen molar-refractivity contribution < 1.29 is 19.4 Å². The highest BCUT2D eigenvalue weighted by Crippen LogP contribution is 2.31. The van der Waals surface area contributed by atoms with Gasteiger partial charge in [0.05, 0.1) is 17.8 Å². The summed E-state index contributed by atoms with van der Waals surface area (Å²) >= 11 is 1.57. The van der Waals surface area contributed by atoms with Crippen LogP contribution in [0.15, 0.2) is 0 Å². The fourth-order valence-electron chi connectivity index (χ4n) is 1.68. The summed E-state index contributed by atoms with van der Waals surface area (Å²) in [6, 6.07) is -0.276. The predicted octanol–water partition coefficient (Wildman–Crippen LogP) is 2.16. The molecule has 1 N–H and O–H groups in total. The minimum absolute atomic E-state index is 0.0312. The molecule has 0 saturated carbocycles. The quantitative estimate of drug-likeness (QED) is 0.825. The number of rotatable bonds is 2. The normalized spacial score (nSPS) is 24.8. The van der Waals surface area contributed by atoms with E-state index in [1.807, 2.05) is 6.92 Å². The molecule has 1 fully saturated rings. The molecule has 1 saturated heterocycles. The number of thioether (sulfide) groups is 1. The van der Waals surface area contributed by atoms with Crippen molar-refractivity contribution in [1.82, 2.24) is 4.90 Å². The van der Waals surface area contributed by atoms with E-state index < -0.39 is 17.7 Å². The maximum absolute atomic E-state index is 12.0. The van der Waals surface area contributed by atoms with E-state index >= 15 is 0 Å². The number of nitrogens with zero attached hydrogens (tertiary/aromatic N) is 1. The van der Waals surface area contributed by atoms with Crippen molar-refractivity contribution in [2.75, 3.05) is 5.75 Å². The number of hydrogen-bond donors (Lipinski definition) is 1. The van der Waals surface area contributed by atoms with Crippen LogP contribution in [-0.4, -0.2) is 44.8 Å². The second-order valence-corrected chi connectivity index (χ2v) is 6.42. The zero-order valence-corrected chi connectivity index (χ0v) is 11.4. The van der Waals surface area contributed by atoms with Crippen LogP contribution in [0.25, 0.3) is 0 Å².